The van der Waals surface area contributed by atoms with Gasteiger partial charge in [-0.2, -0.15) is 9.97 Å². The van der Waals surface area contributed by atoms with Gasteiger partial charge in [0, 0.05) is 63.9 Å². The fourth-order valence-corrected chi connectivity index (χ4v) is 16.4. The highest BCUT2D eigenvalue weighted by molar-refractivity contribution is 7.25. The Hall–Kier alpha value is -8.19. The van der Waals surface area contributed by atoms with E-state index in [1.807, 2.05) is 29.5 Å². The molecule has 73 heavy (non-hydrogen) atoms. The van der Waals surface area contributed by atoms with Crippen molar-refractivity contribution in [1.29, 1.82) is 0 Å². The quantitative estimate of drug-likeness (QED) is 0.173. The summed E-state index contributed by atoms with van der Waals surface area (Å²) in [5, 5.41) is 7.38. The monoisotopic (exact) mass is 953 g/mol. The summed E-state index contributed by atoms with van der Waals surface area (Å²) in [6.07, 6.45) is 6.99. The van der Waals surface area contributed by atoms with Crippen LogP contribution >= 0.6 is 11.3 Å². The Morgan fingerprint density at radius 3 is 1.67 bits per heavy atom. The number of benzene rings is 9. The molecule has 346 valence electrons. The van der Waals surface area contributed by atoms with Gasteiger partial charge in [-0.05, 0) is 150 Å². The molecule has 0 aliphatic heterocycles. The SMILES string of the molecule is c1ccc(-c2nc(-c3ccc4c(c3)sc3ccccc34)nc(-n3c4ccccc4c4cc(-c5ccc6c(c5)c5ccccc5n6-c5ccc6c(c5)C5(c7ccccc7-6)C6CC7CC(C6)CC5C7)ccc43)n2)cc1. The maximum Gasteiger partial charge on any atom is 0.238 e. The first-order valence-corrected chi connectivity index (χ1v) is 27.0. The first kappa shape index (κ1) is 40.4. The summed E-state index contributed by atoms with van der Waals surface area (Å²) < 4.78 is 7.27. The number of nitrogens with zero attached hydrogens (tertiary/aromatic N) is 5. The molecule has 0 unspecified atom stereocenters. The van der Waals surface area contributed by atoms with Gasteiger partial charge in [-0.25, -0.2) is 4.98 Å². The number of para-hydroxylation sites is 2. The maximum atomic E-state index is 5.32. The van der Waals surface area contributed by atoms with Gasteiger partial charge in [-0.15, -0.1) is 11.3 Å². The fraction of sp³-hybridized carbons (Fsp3) is 0.149. The molecular formula is C67H47N5S. The first-order valence-electron chi connectivity index (χ1n) is 26.2. The summed E-state index contributed by atoms with van der Waals surface area (Å²) in [7, 11) is 0. The van der Waals surface area contributed by atoms with Crippen LogP contribution in [0.25, 0.3) is 120 Å². The summed E-state index contributed by atoms with van der Waals surface area (Å²) in [4.78, 5) is 15.7. The number of hydrogen-bond acceptors (Lipinski definition) is 4. The van der Waals surface area contributed by atoms with Crippen LogP contribution in [0.3, 0.4) is 0 Å². The predicted molar refractivity (Wildman–Crippen MR) is 301 cm³/mol. The summed E-state index contributed by atoms with van der Waals surface area (Å²) >= 11 is 1.81. The van der Waals surface area contributed by atoms with Crippen molar-refractivity contribution in [2.45, 2.75) is 37.5 Å². The largest absolute Gasteiger partial charge is 0.309 e. The van der Waals surface area contributed by atoms with Crippen LogP contribution in [0.5, 0.6) is 0 Å². The molecular weight excluding hydrogens is 907 g/mol. The van der Waals surface area contributed by atoms with Crippen LogP contribution in [-0.2, 0) is 5.41 Å². The zero-order valence-electron chi connectivity index (χ0n) is 40.0. The van der Waals surface area contributed by atoms with Gasteiger partial charge in [0.15, 0.2) is 11.6 Å². The van der Waals surface area contributed by atoms with Crippen molar-refractivity contribution in [2.24, 2.45) is 23.7 Å². The van der Waals surface area contributed by atoms with Crippen molar-refractivity contribution in [3.63, 3.8) is 0 Å². The highest BCUT2D eigenvalue weighted by Gasteiger charge is 2.61. The van der Waals surface area contributed by atoms with Crippen LogP contribution < -0.4 is 0 Å². The standard InChI is InChI=1S/C67H47N5S/c1-2-12-41(13-3-1)64-68-65(44-22-26-53-52-17-7-11-21-62(52)73-63(53)37-44)70-66(69-64)72-59-20-10-6-16-51(59)55-36-43(24-29-61(55)72)42-23-28-60-54(35-42)50-15-5-9-19-58(50)71(60)47-25-27-49-48-14-4-8-18-56(48)67(57(49)38-47)45-31-39-30-40(33-45)34-46(67)32-39/h1-29,35-40,45-46H,30-34H2. The zero-order valence-corrected chi connectivity index (χ0v) is 40.9. The molecule has 0 atom stereocenters. The van der Waals surface area contributed by atoms with E-state index in [9.17, 15) is 0 Å². The second kappa shape index (κ2) is 14.9. The number of fused-ring (bicyclic) bond motifs is 12. The Balaban J connectivity index is 0.804. The average Bonchev–Trinajstić information content (AvgIpc) is 4.17. The van der Waals surface area contributed by atoms with Gasteiger partial charge in [0.05, 0.1) is 22.1 Å². The third-order valence-corrected chi connectivity index (χ3v) is 19.1. The molecule has 0 saturated heterocycles. The molecule has 1 spiro atoms. The molecule has 18 rings (SSSR count). The second-order valence-corrected chi connectivity index (χ2v) is 22.7. The molecule has 4 aromatic heterocycles. The minimum absolute atomic E-state index is 0.119. The van der Waals surface area contributed by atoms with Gasteiger partial charge in [-0.1, -0.05) is 140 Å². The summed E-state index contributed by atoms with van der Waals surface area (Å²) in [6, 6.07) is 74.2. The third kappa shape index (κ3) is 5.65. The van der Waals surface area contributed by atoms with Crippen LogP contribution in [0.15, 0.2) is 200 Å². The zero-order chi connectivity index (χ0) is 47.5. The molecule has 9 aromatic carbocycles. The highest BCUT2D eigenvalue weighted by Crippen LogP contribution is 2.69. The highest BCUT2D eigenvalue weighted by atomic mass is 32.1. The molecule has 5 aliphatic carbocycles. The summed E-state index contributed by atoms with van der Waals surface area (Å²) in [5.74, 6) is 5.16. The van der Waals surface area contributed by atoms with Crippen LogP contribution in [0.2, 0.25) is 0 Å². The molecule has 0 radical (unpaired) electrons. The topological polar surface area (TPSA) is 48.5 Å². The van der Waals surface area contributed by atoms with Gasteiger partial charge in [0.2, 0.25) is 5.95 Å². The molecule has 5 nitrogen and oxygen atoms in total. The van der Waals surface area contributed by atoms with Crippen molar-refractivity contribution >= 4 is 75.1 Å². The Bertz CT molecular complexity index is 4450. The first-order chi connectivity index (χ1) is 36.1. The molecule has 0 N–H and O–H groups in total. The molecule has 4 heterocycles. The molecule has 6 heteroatoms. The van der Waals surface area contributed by atoms with E-state index in [2.05, 4.69) is 191 Å². The van der Waals surface area contributed by atoms with Crippen LogP contribution in [0.1, 0.15) is 43.2 Å². The molecule has 4 fully saturated rings. The minimum atomic E-state index is 0.119. The fourth-order valence-electron chi connectivity index (χ4n) is 15.3. The van der Waals surface area contributed by atoms with Crippen LogP contribution in [-0.4, -0.2) is 24.1 Å². The van der Waals surface area contributed by atoms with Crippen LogP contribution in [0.4, 0.5) is 0 Å². The average molecular weight is 954 g/mol. The minimum Gasteiger partial charge on any atom is -0.309 e. The summed E-state index contributed by atoms with van der Waals surface area (Å²) in [5.41, 5.74) is 16.4. The van der Waals surface area contributed by atoms with E-state index in [4.69, 9.17) is 15.0 Å². The second-order valence-electron chi connectivity index (χ2n) is 21.6. The number of thiophene rings is 1. The Morgan fingerprint density at radius 2 is 0.932 bits per heavy atom. The van der Waals surface area contributed by atoms with Crippen molar-refractivity contribution < 1.29 is 0 Å². The Kier molecular flexibility index (Phi) is 8.27. The van der Waals surface area contributed by atoms with E-state index in [0.717, 1.165) is 56.6 Å². The number of aromatic nitrogens is 5. The molecule has 13 aromatic rings. The number of hydrogen-bond donors (Lipinski definition) is 0. The van der Waals surface area contributed by atoms with Crippen molar-refractivity contribution in [3.8, 4) is 56.7 Å². The van der Waals surface area contributed by atoms with Gasteiger partial charge >= 0.3 is 0 Å². The van der Waals surface area contributed by atoms with Gasteiger partial charge in [0.1, 0.15) is 0 Å². The predicted octanol–water partition coefficient (Wildman–Crippen LogP) is 17.2. The lowest BCUT2D eigenvalue weighted by Gasteiger charge is -2.61. The van der Waals surface area contributed by atoms with E-state index >= 15 is 0 Å². The smallest absolute Gasteiger partial charge is 0.238 e. The molecule has 0 amide bonds. The van der Waals surface area contributed by atoms with Gasteiger partial charge < -0.3 is 4.57 Å². The van der Waals surface area contributed by atoms with Crippen molar-refractivity contribution in [1.82, 2.24) is 24.1 Å². The summed E-state index contributed by atoms with van der Waals surface area (Å²) in [6.45, 7) is 0. The molecule has 4 bridgehead atoms. The Morgan fingerprint density at radius 1 is 0.370 bits per heavy atom. The third-order valence-electron chi connectivity index (χ3n) is 18.0. The normalized spacial score (nSPS) is 20.7. The lowest BCUT2D eigenvalue weighted by Crippen LogP contribution is -2.55. The van der Waals surface area contributed by atoms with E-state index in [-0.39, 0.29) is 5.41 Å². The van der Waals surface area contributed by atoms with E-state index < -0.39 is 0 Å². The van der Waals surface area contributed by atoms with Gasteiger partial charge in [0.25, 0.3) is 0 Å². The van der Waals surface area contributed by atoms with Crippen molar-refractivity contribution in [2.75, 3.05) is 0 Å². The van der Waals surface area contributed by atoms with E-state index in [1.165, 1.54) is 102 Å². The van der Waals surface area contributed by atoms with Crippen molar-refractivity contribution in [3.05, 3.63) is 211 Å². The van der Waals surface area contributed by atoms with Gasteiger partial charge in [-0.3, -0.25) is 4.57 Å². The molecule has 4 saturated carbocycles. The number of rotatable bonds is 5. The molecule has 5 aliphatic rings. The maximum absolute atomic E-state index is 5.32. The van der Waals surface area contributed by atoms with Crippen LogP contribution in [0, 0.1) is 23.7 Å². The lowest BCUT2D eigenvalue weighted by molar-refractivity contribution is -0.0399. The Labute approximate surface area is 426 Å². The van der Waals surface area contributed by atoms with E-state index in [1.54, 1.807) is 11.1 Å². The van der Waals surface area contributed by atoms with E-state index in [0.29, 0.717) is 17.6 Å². The lowest BCUT2D eigenvalue weighted by atomic mass is 9.43.